The Morgan fingerprint density at radius 2 is 1.88 bits per heavy atom. The monoisotopic (exact) mass is 323 g/mol. The van der Waals surface area contributed by atoms with Crippen LogP contribution in [0, 0.1) is 6.92 Å². The van der Waals surface area contributed by atoms with Gasteiger partial charge >= 0.3 is 6.03 Å². The number of aromatic amines is 1. The maximum absolute atomic E-state index is 11.9. The highest BCUT2D eigenvalue weighted by molar-refractivity contribution is 5.80. The molecule has 2 amide bonds. The average molecular weight is 323 g/mol. The molecule has 1 unspecified atom stereocenters. The van der Waals surface area contributed by atoms with Gasteiger partial charge in [-0.3, -0.25) is 0 Å². The molecule has 0 bridgehead atoms. The number of aliphatic hydroxyl groups excluding tert-OH is 1. The van der Waals surface area contributed by atoms with Crippen molar-refractivity contribution < 1.29 is 9.90 Å². The highest BCUT2D eigenvalue weighted by atomic mass is 16.3. The largest absolute Gasteiger partial charge is 0.387 e. The molecule has 0 aliphatic heterocycles. The third-order valence-corrected chi connectivity index (χ3v) is 4.03. The molecule has 1 aromatic heterocycles. The Balaban J connectivity index is 1.50. The van der Waals surface area contributed by atoms with E-state index in [-0.39, 0.29) is 12.6 Å². The number of aliphatic hydroxyl groups is 1. The summed E-state index contributed by atoms with van der Waals surface area (Å²) in [6.45, 7) is 2.51. The zero-order valence-corrected chi connectivity index (χ0v) is 13.5. The van der Waals surface area contributed by atoms with Gasteiger partial charge in [0.2, 0.25) is 0 Å². The first-order valence-electron chi connectivity index (χ1n) is 7.95. The smallest absolute Gasteiger partial charge is 0.315 e. The number of H-pyrrole nitrogens is 1. The molecule has 0 spiro atoms. The van der Waals surface area contributed by atoms with Gasteiger partial charge in [0.25, 0.3) is 0 Å². The minimum Gasteiger partial charge on any atom is -0.387 e. The van der Waals surface area contributed by atoms with Crippen molar-refractivity contribution in [1.82, 2.24) is 15.6 Å². The Kier molecular flexibility index (Phi) is 4.82. The molecular formula is C19H21N3O2. The Morgan fingerprint density at radius 3 is 2.67 bits per heavy atom. The molecule has 4 N–H and O–H groups in total. The van der Waals surface area contributed by atoms with Crippen LogP contribution in [0.1, 0.15) is 22.9 Å². The molecule has 0 saturated carbocycles. The van der Waals surface area contributed by atoms with Crippen LogP contribution in [-0.2, 0) is 6.54 Å². The van der Waals surface area contributed by atoms with Gasteiger partial charge in [-0.1, -0.05) is 42.5 Å². The highest BCUT2D eigenvalue weighted by Crippen LogP contribution is 2.16. The Morgan fingerprint density at radius 1 is 1.12 bits per heavy atom. The van der Waals surface area contributed by atoms with E-state index < -0.39 is 6.10 Å². The number of aryl methyl sites for hydroxylation is 1. The fourth-order valence-electron chi connectivity index (χ4n) is 2.73. The first-order valence-corrected chi connectivity index (χ1v) is 7.95. The third-order valence-electron chi connectivity index (χ3n) is 4.03. The molecule has 5 nitrogen and oxygen atoms in total. The lowest BCUT2D eigenvalue weighted by Gasteiger charge is -2.14. The van der Waals surface area contributed by atoms with Crippen molar-refractivity contribution in [2.45, 2.75) is 19.6 Å². The molecule has 3 rings (SSSR count). The number of amides is 2. The summed E-state index contributed by atoms with van der Waals surface area (Å²) in [6.07, 6.45) is -0.718. The van der Waals surface area contributed by atoms with Crippen LogP contribution in [0.2, 0.25) is 0 Å². The summed E-state index contributed by atoms with van der Waals surface area (Å²) in [5.74, 6) is 0. The molecule has 24 heavy (non-hydrogen) atoms. The van der Waals surface area contributed by atoms with Crippen molar-refractivity contribution in [3.63, 3.8) is 0 Å². The number of benzene rings is 2. The lowest BCUT2D eigenvalue weighted by molar-refractivity contribution is 0.172. The van der Waals surface area contributed by atoms with Crippen LogP contribution in [0.5, 0.6) is 0 Å². The Hall–Kier alpha value is -2.79. The van der Waals surface area contributed by atoms with E-state index in [9.17, 15) is 9.90 Å². The summed E-state index contributed by atoms with van der Waals surface area (Å²) in [7, 11) is 0. The first kappa shape index (κ1) is 16.1. The number of rotatable bonds is 5. The number of hydrogen-bond donors (Lipinski definition) is 4. The molecule has 3 aromatic rings. The van der Waals surface area contributed by atoms with E-state index in [0.717, 1.165) is 27.7 Å². The summed E-state index contributed by atoms with van der Waals surface area (Å²) in [4.78, 5) is 15.2. The molecule has 5 heteroatoms. The molecule has 2 aromatic carbocycles. The highest BCUT2D eigenvalue weighted by Gasteiger charge is 2.11. The number of aromatic nitrogens is 1. The predicted molar refractivity (Wildman–Crippen MR) is 94.7 cm³/mol. The second kappa shape index (κ2) is 7.19. The van der Waals surface area contributed by atoms with Gasteiger partial charge in [0.15, 0.2) is 0 Å². The van der Waals surface area contributed by atoms with Gasteiger partial charge in [0.05, 0.1) is 12.6 Å². The maximum atomic E-state index is 11.9. The fourth-order valence-corrected chi connectivity index (χ4v) is 2.73. The zero-order valence-electron chi connectivity index (χ0n) is 13.5. The van der Waals surface area contributed by atoms with Gasteiger partial charge in [0.1, 0.15) is 0 Å². The van der Waals surface area contributed by atoms with Crippen molar-refractivity contribution in [3.05, 3.63) is 71.4 Å². The minimum atomic E-state index is -0.718. The number of nitrogens with one attached hydrogen (secondary N) is 3. The summed E-state index contributed by atoms with van der Waals surface area (Å²) in [6, 6.07) is 17.3. The van der Waals surface area contributed by atoms with Crippen LogP contribution in [0.25, 0.3) is 10.9 Å². The van der Waals surface area contributed by atoms with E-state index >= 15 is 0 Å². The van der Waals surface area contributed by atoms with Crippen LogP contribution in [-0.4, -0.2) is 22.7 Å². The number of para-hydroxylation sites is 1. The molecule has 1 atom stereocenters. The van der Waals surface area contributed by atoms with Gasteiger partial charge in [-0.15, -0.1) is 0 Å². The Labute approximate surface area is 140 Å². The molecule has 0 radical (unpaired) electrons. The summed E-state index contributed by atoms with van der Waals surface area (Å²) >= 11 is 0. The van der Waals surface area contributed by atoms with E-state index in [1.807, 2.05) is 61.5 Å². The van der Waals surface area contributed by atoms with E-state index in [4.69, 9.17) is 0 Å². The van der Waals surface area contributed by atoms with Crippen molar-refractivity contribution in [2.24, 2.45) is 0 Å². The van der Waals surface area contributed by atoms with Gasteiger partial charge in [0, 0.05) is 17.8 Å². The van der Waals surface area contributed by atoms with Gasteiger partial charge < -0.3 is 20.7 Å². The molecule has 0 saturated heterocycles. The van der Waals surface area contributed by atoms with Crippen LogP contribution < -0.4 is 10.6 Å². The minimum absolute atomic E-state index is 0.170. The van der Waals surface area contributed by atoms with E-state index in [2.05, 4.69) is 15.6 Å². The number of fused-ring (bicyclic) bond motifs is 1. The quantitative estimate of drug-likeness (QED) is 0.582. The van der Waals surface area contributed by atoms with E-state index in [0.29, 0.717) is 6.54 Å². The molecular weight excluding hydrogens is 302 g/mol. The van der Waals surface area contributed by atoms with E-state index in [1.165, 1.54) is 0 Å². The molecule has 0 aliphatic rings. The van der Waals surface area contributed by atoms with Crippen molar-refractivity contribution in [2.75, 3.05) is 6.54 Å². The van der Waals surface area contributed by atoms with Crippen molar-refractivity contribution in [1.29, 1.82) is 0 Å². The number of urea groups is 1. The lowest BCUT2D eigenvalue weighted by atomic mass is 10.0. The Bertz CT molecular complexity index is 808. The number of carbonyl (C=O) groups is 1. The zero-order chi connectivity index (χ0) is 16.9. The van der Waals surface area contributed by atoms with E-state index in [1.54, 1.807) is 0 Å². The van der Waals surface area contributed by atoms with Gasteiger partial charge in [-0.2, -0.15) is 0 Å². The lowest BCUT2D eigenvalue weighted by Crippen LogP contribution is -2.37. The van der Waals surface area contributed by atoms with Crippen LogP contribution >= 0.6 is 0 Å². The SMILES string of the molecule is Cc1ccccc1C(O)CNC(=O)NCc1cc2ccccc2[nH]1. The van der Waals surface area contributed by atoms with Crippen LogP contribution in [0.4, 0.5) is 4.79 Å². The maximum Gasteiger partial charge on any atom is 0.315 e. The number of carbonyl (C=O) groups excluding carboxylic acids is 1. The number of hydrogen-bond acceptors (Lipinski definition) is 2. The summed E-state index contributed by atoms with van der Waals surface area (Å²) < 4.78 is 0. The van der Waals surface area contributed by atoms with Crippen molar-refractivity contribution >= 4 is 16.9 Å². The molecule has 124 valence electrons. The topological polar surface area (TPSA) is 77.2 Å². The third kappa shape index (κ3) is 3.75. The standard InChI is InChI=1S/C19H21N3O2/c1-13-6-2-4-8-16(13)18(23)12-21-19(24)20-11-15-10-14-7-3-5-9-17(14)22-15/h2-10,18,22-23H,11-12H2,1H3,(H2,20,21,24). The average Bonchev–Trinajstić information content (AvgIpc) is 3.01. The first-order chi connectivity index (χ1) is 11.6. The fraction of sp³-hybridized carbons (Fsp3) is 0.211. The summed E-state index contributed by atoms with van der Waals surface area (Å²) in [5.41, 5.74) is 3.81. The predicted octanol–water partition coefficient (Wildman–Crippen LogP) is 3.01. The van der Waals surface area contributed by atoms with Gasteiger partial charge in [-0.05, 0) is 35.6 Å². The molecule has 1 heterocycles. The van der Waals surface area contributed by atoms with Crippen LogP contribution in [0.3, 0.4) is 0 Å². The molecule has 0 fully saturated rings. The second-order valence-corrected chi connectivity index (χ2v) is 5.82. The van der Waals surface area contributed by atoms with Crippen molar-refractivity contribution in [3.8, 4) is 0 Å². The van der Waals surface area contributed by atoms with Crippen LogP contribution in [0.15, 0.2) is 54.6 Å². The second-order valence-electron chi connectivity index (χ2n) is 5.82. The summed E-state index contributed by atoms with van der Waals surface area (Å²) in [5, 5.41) is 16.8. The van der Waals surface area contributed by atoms with Gasteiger partial charge in [-0.25, -0.2) is 4.79 Å². The normalized spacial score (nSPS) is 12.1. The molecule has 0 aliphatic carbocycles.